The fourth-order valence-corrected chi connectivity index (χ4v) is 4.24. The SMILES string of the molecule is NNC(c1cncc2ccccc12)C1CCCCS1. The fraction of sp³-hybridized carbons (Fsp3) is 0.400. The van der Waals surface area contributed by atoms with Gasteiger partial charge in [0.2, 0.25) is 0 Å². The molecule has 0 bridgehead atoms. The van der Waals surface area contributed by atoms with Crippen molar-refractivity contribution in [1.29, 1.82) is 0 Å². The summed E-state index contributed by atoms with van der Waals surface area (Å²) in [7, 11) is 0. The molecule has 2 unspecified atom stereocenters. The molecule has 1 saturated heterocycles. The Kier molecular flexibility index (Phi) is 4.01. The van der Waals surface area contributed by atoms with Crippen LogP contribution in [0.4, 0.5) is 0 Å². The number of rotatable bonds is 3. The van der Waals surface area contributed by atoms with E-state index in [2.05, 4.69) is 28.6 Å². The molecule has 2 aromatic rings. The summed E-state index contributed by atoms with van der Waals surface area (Å²) in [6.45, 7) is 0. The van der Waals surface area contributed by atoms with Crippen molar-refractivity contribution in [3.05, 3.63) is 42.2 Å². The average Bonchev–Trinajstić information content (AvgIpc) is 2.49. The molecule has 3 rings (SSSR count). The predicted octanol–water partition coefficient (Wildman–Crippen LogP) is 3.02. The highest BCUT2D eigenvalue weighted by Gasteiger charge is 2.26. The van der Waals surface area contributed by atoms with E-state index in [4.69, 9.17) is 5.84 Å². The topological polar surface area (TPSA) is 50.9 Å². The molecule has 100 valence electrons. The predicted molar refractivity (Wildman–Crippen MR) is 81.9 cm³/mol. The number of nitrogens with two attached hydrogens (primary N) is 1. The molecule has 0 aliphatic carbocycles. The van der Waals surface area contributed by atoms with Crippen LogP contribution in [-0.4, -0.2) is 16.0 Å². The number of pyridine rings is 1. The van der Waals surface area contributed by atoms with Gasteiger partial charge < -0.3 is 0 Å². The van der Waals surface area contributed by atoms with Gasteiger partial charge in [-0.2, -0.15) is 11.8 Å². The van der Waals surface area contributed by atoms with E-state index in [-0.39, 0.29) is 6.04 Å². The Morgan fingerprint density at radius 2 is 2.16 bits per heavy atom. The summed E-state index contributed by atoms with van der Waals surface area (Å²) in [4.78, 5) is 4.37. The van der Waals surface area contributed by atoms with E-state index < -0.39 is 0 Å². The number of nitrogens with zero attached hydrogens (tertiary/aromatic N) is 1. The zero-order valence-corrected chi connectivity index (χ0v) is 11.7. The molecular weight excluding hydrogens is 254 g/mol. The molecule has 1 fully saturated rings. The first-order valence-corrected chi connectivity index (χ1v) is 7.85. The smallest absolute Gasteiger partial charge is 0.0599 e. The van der Waals surface area contributed by atoms with Gasteiger partial charge in [0.15, 0.2) is 0 Å². The molecule has 0 spiro atoms. The summed E-state index contributed by atoms with van der Waals surface area (Å²) in [6.07, 6.45) is 7.73. The minimum atomic E-state index is 0.184. The van der Waals surface area contributed by atoms with Gasteiger partial charge in [0, 0.05) is 23.0 Å². The summed E-state index contributed by atoms with van der Waals surface area (Å²) in [5, 5.41) is 2.99. The highest BCUT2D eigenvalue weighted by molar-refractivity contribution is 8.00. The Hall–Kier alpha value is -1.10. The molecule has 1 aliphatic rings. The third kappa shape index (κ3) is 2.61. The van der Waals surface area contributed by atoms with Gasteiger partial charge in [-0.05, 0) is 29.5 Å². The van der Waals surface area contributed by atoms with Crippen LogP contribution in [0.5, 0.6) is 0 Å². The van der Waals surface area contributed by atoms with Gasteiger partial charge in [0.05, 0.1) is 6.04 Å². The highest BCUT2D eigenvalue weighted by Crippen LogP contribution is 2.36. The summed E-state index contributed by atoms with van der Waals surface area (Å²) < 4.78 is 0. The minimum Gasteiger partial charge on any atom is -0.271 e. The van der Waals surface area contributed by atoms with Crippen LogP contribution in [0.25, 0.3) is 10.8 Å². The van der Waals surface area contributed by atoms with Gasteiger partial charge in [-0.3, -0.25) is 16.3 Å². The lowest BCUT2D eigenvalue weighted by Crippen LogP contribution is -2.36. The molecule has 2 heterocycles. The monoisotopic (exact) mass is 273 g/mol. The second kappa shape index (κ2) is 5.90. The lowest BCUT2D eigenvalue weighted by molar-refractivity contribution is 0.493. The van der Waals surface area contributed by atoms with E-state index in [9.17, 15) is 0 Å². The number of thioether (sulfide) groups is 1. The van der Waals surface area contributed by atoms with E-state index in [1.807, 2.05) is 30.2 Å². The molecule has 0 amide bonds. The second-order valence-electron chi connectivity index (χ2n) is 5.00. The molecule has 2 atom stereocenters. The average molecular weight is 273 g/mol. The number of nitrogens with one attached hydrogen (secondary N) is 1. The van der Waals surface area contributed by atoms with E-state index in [1.54, 1.807) is 0 Å². The normalized spacial score (nSPS) is 21.4. The highest BCUT2D eigenvalue weighted by atomic mass is 32.2. The number of hydrazine groups is 1. The summed E-state index contributed by atoms with van der Waals surface area (Å²) >= 11 is 2.03. The largest absolute Gasteiger partial charge is 0.271 e. The molecule has 19 heavy (non-hydrogen) atoms. The molecule has 0 radical (unpaired) electrons. The first-order chi connectivity index (χ1) is 9.40. The van der Waals surface area contributed by atoms with Crippen LogP contribution in [0.15, 0.2) is 36.7 Å². The van der Waals surface area contributed by atoms with Crippen LogP contribution in [0, 0.1) is 0 Å². The fourth-order valence-electron chi connectivity index (χ4n) is 2.81. The first-order valence-electron chi connectivity index (χ1n) is 6.80. The molecule has 1 aromatic heterocycles. The third-order valence-electron chi connectivity index (χ3n) is 3.80. The molecule has 3 nitrogen and oxygen atoms in total. The molecule has 1 aliphatic heterocycles. The van der Waals surface area contributed by atoms with Crippen LogP contribution < -0.4 is 11.3 Å². The Morgan fingerprint density at radius 3 is 2.95 bits per heavy atom. The zero-order valence-electron chi connectivity index (χ0n) is 10.9. The van der Waals surface area contributed by atoms with Crippen molar-refractivity contribution in [2.45, 2.75) is 30.6 Å². The Bertz CT molecular complexity index is 547. The first kappa shape index (κ1) is 12.9. The van der Waals surface area contributed by atoms with Gasteiger partial charge in [0.1, 0.15) is 0 Å². The van der Waals surface area contributed by atoms with Crippen LogP contribution in [-0.2, 0) is 0 Å². The maximum atomic E-state index is 5.84. The molecule has 3 N–H and O–H groups in total. The third-order valence-corrected chi connectivity index (χ3v) is 5.26. The summed E-state index contributed by atoms with van der Waals surface area (Å²) in [6, 6.07) is 8.57. The number of aromatic nitrogens is 1. The van der Waals surface area contributed by atoms with Crippen molar-refractivity contribution in [2.24, 2.45) is 5.84 Å². The van der Waals surface area contributed by atoms with Crippen LogP contribution in [0.3, 0.4) is 0 Å². The number of benzene rings is 1. The van der Waals surface area contributed by atoms with E-state index >= 15 is 0 Å². The van der Waals surface area contributed by atoms with E-state index in [0.717, 1.165) is 0 Å². The molecule has 4 heteroatoms. The Balaban J connectivity index is 2.00. The van der Waals surface area contributed by atoms with Crippen LogP contribution in [0.1, 0.15) is 30.9 Å². The van der Waals surface area contributed by atoms with Gasteiger partial charge in [-0.1, -0.05) is 30.7 Å². The van der Waals surface area contributed by atoms with Crippen molar-refractivity contribution in [3.8, 4) is 0 Å². The zero-order chi connectivity index (χ0) is 13.1. The minimum absolute atomic E-state index is 0.184. The van der Waals surface area contributed by atoms with Gasteiger partial charge in [-0.25, -0.2) is 0 Å². The number of hydrogen-bond donors (Lipinski definition) is 2. The molecular formula is C15H19N3S. The Morgan fingerprint density at radius 1 is 1.26 bits per heavy atom. The number of hydrogen-bond acceptors (Lipinski definition) is 4. The van der Waals surface area contributed by atoms with Gasteiger partial charge in [-0.15, -0.1) is 0 Å². The van der Waals surface area contributed by atoms with Crippen molar-refractivity contribution in [1.82, 2.24) is 10.4 Å². The van der Waals surface area contributed by atoms with Gasteiger partial charge in [0.25, 0.3) is 0 Å². The maximum absolute atomic E-state index is 5.84. The lowest BCUT2D eigenvalue weighted by Gasteiger charge is -2.30. The summed E-state index contributed by atoms with van der Waals surface area (Å²) in [5.41, 5.74) is 4.24. The summed E-state index contributed by atoms with van der Waals surface area (Å²) in [5.74, 6) is 7.07. The van der Waals surface area contributed by atoms with E-state index in [0.29, 0.717) is 5.25 Å². The van der Waals surface area contributed by atoms with Crippen molar-refractivity contribution < 1.29 is 0 Å². The molecule has 1 aromatic carbocycles. The molecule has 0 saturated carbocycles. The van der Waals surface area contributed by atoms with Crippen LogP contribution in [0.2, 0.25) is 0 Å². The van der Waals surface area contributed by atoms with Crippen LogP contribution >= 0.6 is 11.8 Å². The Labute approximate surface area is 117 Å². The van der Waals surface area contributed by atoms with Gasteiger partial charge >= 0.3 is 0 Å². The standard InChI is InChI=1S/C15H19N3S/c16-18-15(14-7-3-4-8-19-14)13-10-17-9-11-5-1-2-6-12(11)13/h1-2,5-6,9-10,14-15,18H,3-4,7-8,16H2. The number of fused-ring (bicyclic) bond motifs is 1. The second-order valence-corrected chi connectivity index (χ2v) is 6.35. The lowest BCUT2D eigenvalue weighted by atomic mass is 9.97. The van der Waals surface area contributed by atoms with E-state index in [1.165, 1.54) is 41.4 Å². The van der Waals surface area contributed by atoms with Crippen molar-refractivity contribution >= 4 is 22.5 Å². The maximum Gasteiger partial charge on any atom is 0.0599 e. The van der Waals surface area contributed by atoms with Crippen molar-refractivity contribution in [2.75, 3.05) is 5.75 Å². The van der Waals surface area contributed by atoms with Crippen molar-refractivity contribution in [3.63, 3.8) is 0 Å². The quantitative estimate of drug-likeness (QED) is 0.666.